The highest BCUT2D eigenvalue weighted by Gasteiger charge is 2.29. The van der Waals surface area contributed by atoms with Gasteiger partial charge in [0.2, 0.25) is 0 Å². The van der Waals surface area contributed by atoms with Gasteiger partial charge in [-0.15, -0.1) is 0 Å². The summed E-state index contributed by atoms with van der Waals surface area (Å²) in [7, 11) is 4.19. The van der Waals surface area contributed by atoms with Gasteiger partial charge in [-0.25, -0.2) is 4.98 Å². The van der Waals surface area contributed by atoms with Crippen LogP contribution in [0.3, 0.4) is 0 Å². The molecule has 1 fully saturated rings. The molecule has 0 spiro atoms. The van der Waals surface area contributed by atoms with Gasteiger partial charge in [-0.05, 0) is 26.1 Å². The second-order valence-corrected chi connectivity index (χ2v) is 7.76. The van der Waals surface area contributed by atoms with Crippen LogP contribution >= 0.6 is 0 Å². The number of rotatable bonds is 6. The molecule has 1 aliphatic heterocycles. The van der Waals surface area contributed by atoms with Gasteiger partial charge < -0.3 is 14.8 Å². The first-order valence-corrected chi connectivity index (χ1v) is 10.5. The van der Waals surface area contributed by atoms with Gasteiger partial charge in [0.15, 0.2) is 0 Å². The lowest BCUT2D eigenvalue weighted by molar-refractivity contribution is 0.177. The van der Waals surface area contributed by atoms with E-state index in [4.69, 9.17) is 4.98 Å². The molecular formula is C24H31N5. The zero-order valence-corrected chi connectivity index (χ0v) is 17.7. The van der Waals surface area contributed by atoms with Crippen LogP contribution in [0.15, 0.2) is 60.7 Å². The topological polar surface area (TPSA) is 36.3 Å². The second-order valence-electron chi connectivity index (χ2n) is 7.76. The Kier molecular flexibility index (Phi) is 5.97. The third-order valence-corrected chi connectivity index (χ3v) is 5.94. The zero-order valence-electron chi connectivity index (χ0n) is 17.7. The van der Waals surface area contributed by atoms with Crippen LogP contribution in [0.4, 0.5) is 5.69 Å². The van der Waals surface area contributed by atoms with E-state index in [-0.39, 0.29) is 0 Å². The molecule has 1 aliphatic rings. The van der Waals surface area contributed by atoms with E-state index < -0.39 is 0 Å². The van der Waals surface area contributed by atoms with Crippen LogP contribution in [0.25, 0.3) is 11.4 Å². The average molecular weight is 390 g/mol. The summed E-state index contributed by atoms with van der Waals surface area (Å²) in [4.78, 5) is 10.0. The van der Waals surface area contributed by atoms with Crippen molar-refractivity contribution in [1.82, 2.24) is 19.8 Å². The molecular weight excluding hydrogens is 358 g/mol. The first-order chi connectivity index (χ1) is 14.2. The summed E-state index contributed by atoms with van der Waals surface area (Å²) in [6.45, 7) is 7.25. The number of hydrogen-bond donors (Lipinski definition) is 1. The van der Waals surface area contributed by atoms with Gasteiger partial charge in [0.05, 0.1) is 17.4 Å². The molecule has 2 heterocycles. The molecule has 0 radical (unpaired) electrons. The smallest absolute Gasteiger partial charge is 0.140 e. The zero-order chi connectivity index (χ0) is 20.2. The van der Waals surface area contributed by atoms with E-state index in [0.29, 0.717) is 6.04 Å². The van der Waals surface area contributed by atoms with Crippen molar-refractivity contribution in [3.63, 3.8) is 0 Å². The number of hydrogen-bond acceptors (Lipinski definition) is 4. The summed E-state index contributed by atoms with van der Waals surface area (Å²) in [5.41, 5.74) is 4.92. The van der Waals surface area contributed by atoms with Crippen LogP contribution in [-0.2, 0) is 7.05 Å². The number of nitrogens with one attached hydrogen (secondary N) is 1. The Bertz CT molecular complexity index is 911. The number of likely N-dealkylation sites (N-methyl/N-ethyl adjacent to an activating group) is 1. The van der Waals surface area contributed by atoms with Gasteiger partial charge in [-0.2, -0.15) is 0 Å². The van der Waals surface area contributed by atoms with Crippen molar-refractivity contribution in [1.29, 1.82) is 0 Å². The molecule has 0 aliphatic carbocycles. The Morgan fingerprint density at radius 2 is 1.55 bits per heavy atom. The molecule has 1 aromatic heterocycles. The van der Waals surface area contributed by atoms with Gasteiger partial charge >= 0.3 is 0 Å². The van der Waals surface area contributed by atoms with E-state index in [2.05, 4.69) is 94.3 Å². The highest BCUT2D eigenvalue weighted by Crippen LogP contribution is 2.29. The summed E-state index contributed by atoms with van der Waals surface area (Å²) in [5, 5.41) is 3.41. The normalized spacial score (nSPS) is 16.2. The van der Waals surface area contributed by atoms with Crippen LogP contribution in [0.2, 0.25) is 0 Å². The fraction of sp³-hybridized carbons (Fsp3) is 0.375. The standard InChI is InChI=1S/C24H31N5/c1-19-23(27(3)24(26-19)20-10-6-4-7-11-20)22(18-25-2)29-16-14-28(15-17-29)21-12-8-5-9-13-21/h4-13,22,25H,14-18H2,1-3H3. The Labute approximate surface area is 174 Å². The minimum Gasteiger partial charge on any atom is -0.369 e. The highest BCUT2D eigenvalue weighted by molar-refractivity contribution is 5.57. The lowest BCUT2D eigenvalue weighted by Gasteiger charge is -2.40. The van der Waals surface area contributed by atoms with Gasteiger partial charge in [-0.3, -0.25) is 4.90 Å². The van der Waals surface area contributed by atoms with Crippen molar-refractivity contribution in [2.24, 2.45) is 7.05 Å². The molecule has 0 bridgehead atoms. The number of piperazine rings is 1. The van der Waals surface area contributed by atoms with Gasteiger partial charge in [0.25, 0.3) is 0 Å². The van der Waals surface area contributed by atoms with Gasteiger partial charge in [0, 0.05) is 51.0 Å². The highest BCUT2D eigenvalue weighted by atomic mass is 15.3. The maximum Gasteiger partial charge on any atom is 0.140 e. The van der Waals surface area contributed by atoms with E-state index in [0.717, 1.165) is 44.2 Å². The monoisotopic (exact) mass is 389 g/mol. The molecule has 0 saturated carbocycles. The predicted octanol–water partition coefficient (Wildman–Crippen LogP) is 3.48. The first kappa shape index (κ1) is 19.7. The van der Waals surface area contributed by atoms with E-state index in [1.807, 2.05) is 7.05 Å². The Morgan fingerprint density at radius 3 is 2.17 bits per heavy atom. The van der Waals surface area contributed by atoms with Crippen molar-refractivity contribution in [2.45, 2.75) is 13.0 Å². The molecule has 1 unspecified atom stereocenters. The third-order valence-electron chi connectivity index (χ3n) is 5.94. The van der Waals surface area contributed by atoms with Crippen molar-refractivity contribution in [2.75, 3.05) is 44.7 Å². The van der Waals surface area contributed by atoms with Crippen LogP contribution in [0, 0.1) is 6.92 Å². The molecule has 5 nitrogen and oxygen atoms in total. The minimum absolute atomic E-state index is 0.313. The molecule has 5 heteroatoms. The maximum atomic E-state index is 4.94. The molecule has 3 aromatic rings. The Hall–Kier alpha value is -2.63. The molecule has 4 rings (SSSR count). The van der Waals surface area contributed by atoms with Crippen molar-refractivity contribution >= 4 is 5.69 Å². The third kappa shape index (κ3) is 4.07. The summed E-state index contributed by atoms with van der Waals surface area (Å²) in [6, 6.07) is 21.5. The van der Waals surface area contributed by atoms with E-state index in [1.54, 1.807) is 0 Å². The fourth-order valence-corrected chi connectivity index (χ4v) is 4.48. The fourth-order valence-electron chi connectivity index (χ4n) is 4.48. The van der Waals surface area contributed by atoms with Crippen molar-refractivity contribution in [3.05, 3.63) is 72.1 Å². The molecule has 1 N–H and O–H groups in total. The van der Waals surface area contributed by atoms with Gasteiger partial charge in [0.1, 0.15) is 5.82 Å². The first-order valence-electron chi connectivity index (χ1n) is 10.5. The molecule has 1 atom stereocenters. The number of para-hydroxylation sites is 1. The van der Waals surface area contributed by atoms with Crippen LogP contribution < -0.4 is 10.2 Å². The van der Waals surface area contributed by atoms with Crippen LogP contribution in [0.5, 0.6) is 0 Å². The van der Waals surface area contributed by atoms with Crippen LogP contribution in [0.1, 0.15) is 17.4 Å². The summed E-state index contributed by atoms with van der Waals surface area (Å²) < 4.78 is 2.29. The minimum atomic E-state index is 0.313. The second kappa shape index (κ2) is 8.80. The number of anilines is 1. The summed E-state index contributed by atoms with van der Waals surface area (Å²) in [5.74, 6) is 1.04. The molecule has 1 saturated heterocycles. The summed E-state index contributed by atoms with van der Waals surface area (Å²) in [6.07, 6.45) is 0. The summed E-state index contributed by atoms with van der Waals surface area (Å²) >= 11 is 0. The lowest BCUT2D eigenvalue weighted by atomic mass is 10.1. The number of nitrogens with zero attached hydrogens (tertiary/aromatic N) is 4. The molecule has 2 aromatic carbocycles. The largest absolute Gasteiger partial charge is 0.369 e. The maximum absolute atomic E-state index is 4.94. The molecule has 0 amide bonds. The lowest BCUT2D eigenvalue weighted by Crippen LogP contribution is -2.49. The van der Waals surface area contributed by atoms with Crippen molar-refractivity contribution in [3.8, 4) is 11.4 Å². The van der Waals surface area contributed by atoms with Gasteiger partial charge in [-0.1, -0.05) is 48.5 Å². The predicted molar refractivity (Wildman–Crippen MR) is 120 cm³/mol. The number of imidazole rings is 1. The van der Waals surface area contributed by atoms with Crippen molar-refractivity contribution < 1.29 is 0 Å². The Balaban J connectivity index is 1.57. The SMILES string of the molecule is CNCC(c1c(C)nc(-c2ccccc2)n1C)N1CCN(c2ccccc2)CC1. The number of aryl methyl sites for hydroxylation is 1. The molecule has 152 valence electrons. The number of aromatic nitrogens is 2. The van der Waals surface area contributed by atoms with E-state index in [9.17, 15) is 0 Å². The molecule has 29 heavy (non-hydrogen) atoms. The Morgan fingerprint density at radius 1 is 0.931 bits per heavy atom. The number of benzene rings is 2. The van der Waals surface area contributed by atoms with Crippen LogP contribution in [-0.4, -0.2) is 54.2 Å². The van der Waals surface area contributed by atoms with E-state index in [1.165, 1.54) is 16.9 Å². The quantitative estimate of drug-likeness (QED) is 0.700. The van der Waals surface area contributed by atoms with E-state index >= 15 is 0 Å². The average Bonchev–Trinajstić information content (AvgIpc) is 3.07.